The summed E-state index contributed by atoms with van der Waals surface area (Å²) < 4.78 is 7.39. The van der Waals surface area contributed by atoms with Gasteiger partial charge < -0.3 is 19.2 Å². The lowest BCUT2D eigenvalue weighted by molar-refractivity contribution is -0.115. The van der Waals surface area contributed by atoms with Crippen molar-refractivity contribution in [1.29, 1.82) is 5.26 Å². The number of amides is 1. The molecular weight excluding hydrogens is 388 g/mol. The molecule has 0 bridgehead atoms. The number of furan rings is 1. The topological polar surface area (TPSA) is 74.2 Å². The molecule has 2 aromatic carbocycles. The fraction of sp³-hybridized carbons (Fsp3) is 0.200. The van der Waals surface area contributed by atoms with Crippen LogP contribution in [-0.4, -0.2) is 24.1 Å². The molecule has 0 aliphatic heterocycles. The van der Waals surface area contributed by atoms with Gasteiger partial charge in [0.2, 0.25) is 5.91 Å². The van der Waals surface area contributed by atoms with Gasteiger partial charge in [-0.3, -0.25) is 4.79 Å². The van der Waals surface area contributed by atoms with Gasteiger partial charge in [-0.25, -0.2) is 0 Å². The van der Waals surface area contributed by atoms with Crippen LogP contribution in [0.2, 0.25) is 0 Å². The number of nitriles is 1. The highest BCUT2D eigenvalue weighted by Crippen LogP contribution is 2.28. The number of rotatable bonds is 6. The standard InChI is InChI=1S/C25H24N4O2/c1-17-18(2)29(15-22-9-6-12-31-22)25(23(17)14-26)27-24(30)16-28(3)21-11-10-19-7-4-5-8-20(19)13-21/h4-13H,15-16H2,1-3H3,(H,27,30). The monoisotopic (exact) mass is 412 g/mol. The van der Waals surface area contributed by atoms with Crippen LogP contribution >= 0.6 is 0 Å². The normalized spacial score (nSPS) is 10.8. The van der Waals surface area contributed by atoms with Crippen LogP contribution in [0.3, 0.4) is 0 Å². The second-order valence-corrected chi connectivity index (χ2v) is 7.65. The Bertz CT molecular complexity index is 1280. The third-order valence-corrected chi connectivity index (χ3v) is 5.65. The predicted octanol–water partition coefficient (Wildman–Crippen LogP) is 4.85. The van der Waals surface area contributed by atoms with Crippen LogP contribution in [0.4, 0.5) is 11.5 Å². The molecule has 0 radical (unpaired) electrons. The first-order chi connectivity index (χ1) is 15.0. The van der Waals surface area contributed by atoms with E-state index in [1.165, 1.54) is 0 Å². The van der Waals surface area contributed by atoms with Crippen LogP contribution in [0.1, 0.15) is 22.6 Å². The summed E-state index contributed by atoms with van der Waals surface area (Å²) in [7, 11) is 1.88. The minimum absolute atomic E-state index is 0.160. The molecule has 2 aromatic heterocycles. The molecule has 6 nitrogen and oxygen atoms in total. The summed E-state index contributed by atoms with van der Waals surface area (Å²) in [5.74, 6) is 1.07. The zero-order valence-electron chi connectivity index (χ0n) is 17.8. The summed E-state index contributed by atoms with van der Waals surface area (Å²) in [6.45, 7) is 4.43. The van der Waals surface area contributed by atoms with Crippen molar-refractivity contribution in [2.45, 2.75) is 20.4 Å². The molecule has 1 amide bonds. The molecule has 31 heavy (non-hydrogen) atoms. The summed E-state index contributed by atoms with van der Waals surface area (Å²) in [5.41, 5.74) is 3.21. The van der Waals surface area contributed by atoms with Crippen LogP contribution in [-0.2, 0) is 11.3 Å². The second kappa shape index (κ2) is 8.41. The van der Waals surface area contributed by atoms with Crippen LogP contribution in [0.25, 0.3) is 10.8 Å². The van der Waals surface area contributed by atoms with E-state index in [0.717, 1.165) is 33.5 Å². The fourth-order valence-electron chi connectivity index (χ4n) is 3.78. The number of hydrogen-bond donors (Lipinski definition) is 1. The lowest BCUT2D eigenvalue weighted by Gasteiger charge is -2.20. The number of hydrogen-bond acceptors (Lipinski definition) is 4. The molecule has 0 unspecified atom stereocenters. The number of carbonyl (C=O) groups excluding carboxylic acids is 1. The average Bonchev–Trinajstić information content (AvgIpc) is 3.36. The number of nitrogens with zero attached hydrogens (tertiary/aromatic N) is 3. The van der Waals surface area contributed by atoms with Gasteiger partial charge in [-0.05, 0) is 54.4 Å². The smallest absolute Gasteiger partial charge is 0.245 e. The van der Waals surface area contributed by atoms with E-state index in [4.69, 9.17) is 4.42 Å². The number of fused-ring (bicyclic) bond motifs is 1. The van der Waals surface area contributed by atoms with Crippen LogP contribution in [0, 0.1) is 25.2 Å². The van der Waals surface area contributed by atoms with Crippen LogP contribution in [0.15, 0.2) is 65.3 Å². The lowest BCUT2D eigenvalue weighted by atomic mass is 10.1. The Kier molecular flexibility index (Phi) is 5.50. The molecule has 0 fully saturated rings. The number of benzene rings is 2. The molecule has 0 saturated heterocycles. The van der Waals surface area contributed by atoms with Gasteiger partial charge >= 0.3 is 0 Å². The molecule has 0 spiro atoms. The number of anilines is 2. The Morgan fingerprint density at radius 2 is 1.90 bits per heavy atom. The van der Waals surface area contributed by atoms with Crippen molar-refractivity contribution in [1.82, 2.24) is 4.57 Å². The van der Waals surface area contributed by atoms with Gasteiger partial charge in [-0.15, -0.1) is 0 Å². The van der Waals surface area contributed by atoms with Gasteiger partial charge in [-0.1, -0.05) is 30.3 Å². The number of aromatic nitrogens is 1. The van der Waals surface area contributed by atoms with E-state index in [1.54, 1.807) is 6.26 Å². The van der Waals surface area contributed by atoms with Crippen molar-refractivity contribution in [3.05, 3.63) is 83.4 Å². The zero-order chi connectivity index (χ0) is 22.0. The van der Waals surface area contributed by atoms with E-state index in [-0.39, 0.29) is 12.5 Å². The van der Waals surface area contributed by atoms with Gasteiger partial charge in [0.05, 0.1) is 24.9 Å². The van der Waals surface area contributed by atoms with Gasteiger partial charge in [0.1, 0.15) is 17.6 Å². The molecule has 156 valence electrons. The Morgan fingerprint density at radius 3 is 2.61 bits per heavy atom. The first-order valence-electron chi connectivity index (χ1n) is 10.1. The summed E-state index contributed by atoms with van der Waals surface area (Å²) in [6.07, 6.45) is 1.61. The molecule has 0 atom stereocenters. The highest BCUT2D eigenvalue weighted by molar-refractivity contribution is 5.95. The molecule has 4 rings (SSSR count). The average molecular weight is 412 g/mol. The van der Waals surface area contributed by atoms with Gasteiger partial charge in [-0.2, -0.15) is 5.26 Å². The SMILES string of the molecule is Cc1c(C#N)c(NC(=O)CN(C)c2ccc3ccccc3c2)n(Cc2ccco2)c1C. The molecule has 1 N–H and O–H groups in total. The van der Waals surface area contributed by atoms with E-state index in [1.807, 2.05) is 66.8 Å². The summed E-state index contributed by atoms with van der Waals surface area (Å²) in [6, 6.07) is 20.2. The highest BCUT2D eigenvalue weighted by atomic mass is 16.3. The zero-order valence-corrected chi connectivity index (χ0v) is 17.8. The summed E-state index contributed by atoms with van der Waals surface area (Å²) in [5, 5.41) is 14.9. The maximum atomic E-state index is 12.9. The van der Waals surface area contributed by atoms with E-state index in [0.29, 0.717) is 17.9 Å². The first kappa shape index (κ1) is 20.3. The van der Waals surface area contributed by atoms with Crippen molar-refractivity contribution in [3.8, 4) is 6.07 Å². The van der Waals surface area contributed by atoms with Crippen molar-refractivity contribution in [3.63, 3.8) is 0 Å². The van der Waals surface area contributed by atoms with Gasteiger partial charge in [0.15, 0.2) is 0 Å². The predicted molar refractivity (Wildman–Crippen MR) is 122 cm³/mol. The van der Waals surface area contributed by atoms with E-state index >= 15 is 0 Å². The van der Waals surface area contributed by atoms with Crippen molar-refractivity contribution < 1.29 is 9.21 Å². The molecule has 4 aromatic rings. The minimum Gasteiger partial charge on any atom is -0.467 e. The molecule has 0 aliphatic carbocycles. The fourth-order valence-corrected chi connectivity index (χ4v) is 3.78. The lowest BCUT2D eigenvalue weighted by Crippen LogP contribution is -2.31. The second-order valence-electron chi connectivity index (χ2n) is 7.65. The van der Waals surface area contributed by atoms with Crippen LogP contribution < -0.4 is 10.2 Å². The maximum Gasteiger partial charge on any atom is 0.245 e. The summed E-state index contributed by atoms with van der Waals surface area (Å²) in [4.78, 5) is 14.8. The quantitative estimate of drug-likeness (QED) is 0.491. The van der Waals surface area contributed by atoms with Crippen LogP contribution in [0.5, 0.6) is 0 Å². The maximum absolute atomic E-state index is 12.9. The first-order valence-corrected chi connectivity index (χ1v) is 10.1. The Morgan fingerprint density at radius 1 is 1.13 bits per heavy atom. The third kappa shape index (κ3) is 4.03. The Hall–Kier alpha value is -3.98. The third-order valence-electron chi connectivity index (χ3n) is 5.65. The number of nitrogens with one attached hydrogen (secondary N) is 1. The molecule has 0 saturated carbocycles. The highest BCUT2D eigenvalue weighted by Gasteiger charge is 2.21. The van der Waals surface area contributed by atoms with Crippen molar-refractivity contribution in [2.75, 3.05) is 23.8 Å². The Balaban J connectivity index is 1.56. The van der Waals surface area contributed by atoms with Crippen molar-refractivity contribution in [2.24, 2.45) is 0 Å². The minimum atomic E-state index is -0.189. The molecular formula is C25H24N4O2. The van der Waals surface area contributed by atoms with E-state index < -0.39 is 0 Å². The molecule has 6 heteroatoms. The van der Waals surface area contributed by atoms with Gasteiger partial charge in [0.25, 0.3) is 0 Å². The van der Waals surface area contributed by atoms with E-state index in [9.17, 15) is 10.1 Å². The van der Waals surface area contributed by atoms with Crippen molar-refractivity contribution >= 4 is 28.2 Å². The molecule has 2 heterocycles. The summed E-state index contributed by atoms with van der Waals surface area (Å²) >= 11 is 0. The number of carbonyl (C=O) groups is 1. The molecule has 0 aliphatic rings. The van der Waals surface area contributed by atoms with E-state index in [2.05, 4.69) is 29.6 Å². The van der Waals surface area contributed by atoms with Gasteiger partial charge in [0, 0.05) is 18.4 Å². The largest absolute Gasteiger partial charge is 0.467 e. The number of likely N-dealkylation sites (N-methyl/N-ethyl adjacent to an activating group) is 1. The Labute approximate surface area is 181 Å².